The topological polar surface area (TPSA) is 47.9 Å². The predicted molar refractivity (Wildman–Crippen MR) is 89.8 cm³/mol. The van der Waals surface area contributed by atoms with E-state index in [1.165, 1.54) is 0 Å². The van der Waals surface area contributed by atoms with Gasteiger partial charge in [0.05, 0.1) is 10.6 Å². The van der Waals surface area contributed by atoms with Crippen molar-refractivity contribution < 1.29 is 9.60 Å². The van der Waals surface area contributed by atoms with Crippen LogP contribution >= 0.6 is 11.6 Å². The minimum Gasteiger partial charge on any atom is -0.409 e. The molecule has 3 aliphatic rings. The number of aryl methyl sites for hydroxylation is 1. The maximum absolute atomic E-state index is 14.5. The zero-order valence-electron chi connectivity index (χ0n) is 13.7. The quantitative estimate of drug-likeness (QED) is 0.376. The van der Waals surface area contributed by atoms with Crippen molar-refractivity contribution in [2.24, 2.45) is 11.1 Å². The lowest BCUT2D eigenvalue weighted by molar-refractivity contribution is -0.0339. The number of hydrogen-bond acceptors (Lipinski definition) is 3. The van der Waals surface area contributed by atoms with E-state index in [4.69, 9.17) is 11.6 Å². The number of hydrogen-bond donors (Lipinski definition) is 2. The molecule has 4 nitrogen and oxygen atoms in total. The molecule has 0 unspecified atom stereocenters. The highest BCUT2D eigenvalue weighted by atomic mass is 35.5. The average Bonchev–Trinajstić information content (AvgIpc) is 2.54. The Morgan fingerprint density at radius 1 is 1.39 bits per heavy atom. The van der Waals surface area contributed by atoms with Crippen molar-refractivity contribution in [3.05, 3.63) is 34.1 Å². The summed E-state index contributed by atoms with van der Waals surface area (Å²) < 4.78 is 14.5. The van der Waals surface area contributed by atoms with Crippen LogP contribution in [0, 0.1) is 18.7 Å². The Bertz CT molecular complexity index is 639. The lowest BCUT2D eigenvalue weighted by atomic mass is 9.72. The van der Waals surface area contributed by atoms with Gasteiger partial charge < -0.3 is 10.5 Å². The Balaban J connectivity index is 1.90. The first-order valence-electron chi connectivity index (χ1n) is 8.05. The number of amidine groups is 1. The summed E-state index contributed by atoms with van der Waals surface area (Å²) in [5.41, 5.74) is 0.797. The van der Waals surface area contributed by atoms with Crippen LogP contribution in [0.1, 0.15) is 37.8 Å². The molecule has 3 aliphatic heterocycles. The van der Waals surface area contributed by atoms with Gasteiger partial charge in [-0.05, 0) is 64.3 Å². The summed E-state index contributed by atoms with van der Waals surface area (Å²) in [7, 11) is 0. The standard InChI is InChI=1S/C17H23ClFN3O/c1-10-4-5-12(14(19)13(10)18)16(21-23)20-15-11-6-8-22(9-7-11)17(15,2)3/h4-5,11,15,23H,6-9H2,1-3H3,(H,20,21)/t15-/m1/s1. The maximum atomic E-state index is 14.5. The van der Waals surface area contributed by atoms with E-state index in [9.17, 15) is 9.60 Å². The molecule has 3 fully saturated rings. The van der Waals surface area contributed by atoms with Crippen molar-refractivity contribution in [1.82, 2.24) is 10.2 Å². The van der Waals surface area contributed by atoms with Gasteiger partial charge in [-0.15, -0.1) is 0 Å². The van der Waals surface area contributed by atoms with Crippen molar-refractivity contribution in [1.29, 1.82) is 0 Å². The summed E-state index contributed by atoms with van der Waals surface area (Å²) in [5, 5.41) is 16.1. The number of rotatable bonds is 2. The van der Waals surface area contributed by atoms with E-state index in [1.54, 1.807) is 19.1 Å². The van der Waals surface area contributed by atoms with Crippen molar-refractivity contribution in [2.45, 2.75) is 45.2 Å². The number of fused-ring (bicyclic) bond motifs is 3. The van der Waals surface area contributed by atoms with Crippen LogP contribution in [0.3, 0.4) is 0 Å². The Labute approximate surface area is 141 Å². The Kier molecular flexibility index (Phi) is 4.27. The lowest BCUT2D eigenvalue weighted by Gasteiger charge is -2.56. The number of oxime groups is 1. The van der Waals surface area contributed by atoms with Gasteiger partial charge in [0.1, 0.15) is 0 Å². The number of nitrogens with one attached hydrogen (secondary N) is 1. The van der Waals surface area contributed by atoms with Crippen molar-refractivity contribution in [2.75, 3.05) is 13.1 Å². The van der Waals surface area contributed by atoms with Gasteiger partial charge in [-0.25, -0.2) is 4.39 Å². The number of piperidine rings is 3. The predicted octanol–water partition coefficient (Wildman–Crippen LogP) is 3.39. The van der Waals surface area contributed by atoms with Crippen LogP contribution in [0.25, 0.3) is 0 Å². The zero-order valence-corrected chi connectivity index (χ0v) is 14.5. The fraction of sp³-hybridized carbons (Fsp3) is 0.588. The third-order valence-electron chi connectivity index (χ3n) is 5.51. The summed E-state index contributed by atoms with van der Waals surface area (Å²) >= 11 is 6.00. The van der Waals surface area contributed by atoms with Gasteiger partial charge in [0.2, 0.25) is 0 Å². The molecule has 0 aromatic heterocycles. The number of benzene rings is 1. The van der Waals surface area contributed by atoms with E-state index in [0.29, 0.717) is 11.5 Å². The lowest BCUT2D eigenvalue weighted by Crippen LogP contribution is -2.69. The van der Waals surface area contributed by atoms with Gasteiger partial charge in [0.25, 0.3) is 0 Å². The van der Waals surface area contributed by atoms with Gasteiger partial charge in [-0.3, -0.25) is 4.90 Å². The number of nitrogens with zero attached hydrogens (tertiary/aromatic N) is 2. The molecule has 3 saturated heterocycles. The fourth-order valence-electron chi connectivity index (χ4n) is 4.01. The van der Waals surface area contributed by atoms with Crippen LogP contribution in [-0.4, -0.2) is 40.6 Å². The molecular formula is C17H23ClFN3O. The molecule has 4 rings (SSSR count). The highest BCUT2D eigenvalue weighted by molar-refractivity contribution is 6.32. The van der Waals surface area contributed by atoms with E-state index < -0.39 is 5.82 Å². The highest BCUT2D eigenvalue weighted by Gasteiger charge is 2.48. The second-order valence-electron chi connectivity index (χ2n) is 7.11. The molecule has 0 radical (unpaired) electrons. The van der Waals surface area contributed by atoms with Gasteiger partial charge in [0.15, 0.2) is 11.7 Å². The van der Waals surface area contributed by atoms with Gasteiger partial charge >= 0.3 is 0 Å². The molecule has 2 N–H and O–H groups in total. The normalized spacial score (nSPS) is 29.6. The van der Waals surface area contributed by atoms with Crippen LogP contribution in [0.5, 0.6) is 0 Å². The smallest absolute Gasteiger partial charge is 0.175 e. The van der Waals surface area contributed by atoms with Gasteiger partial charge in [-0.2, -0.15) is 0 Å². The molecule has 126 valence electrons. The molecule has 6 heteroatoms. The summed E-state index contributed by atoms with van der Waals surface area (Å²) in [4.78, 5) is 2.44. The van der Waals surface area contributed by atoms with Crippen molar-refractivity contribution in [3.8, 4) is 0 Å². The number of halogens is 2. The van der Waals surface area contributed by atoms with Crippen LogP contribution in [0.4, 0.5) is 4.39 Å². The molecular weight excluding hydrogens is 317 g/mol. The molecule has 1 aromatic rings. The first-order chi connectivity index (χ1) is 10.9. The summed E-state index contributed by atoms with van der Waals surface area (Å²) in [6.45, 7) is 8.29. The monoisotopic (exact) mass is 339 g/mol. The first kappa shape index (κ1) is 16.5. The van der Waals surface area contributed by atoms with E-state index in [0.717, 1.165) is 25.9 Å². The van der Waals surface area contributed by atoms with Gasteiger partial charge in [0, 0.05) is 11.6 Å². The van der Waals surface area contributed by atoms with Crippen LogP contribution in [0.15, 0.2) is 17.3 Å². The third-order valence-corrected chi connectivity index (χ3v) is 5.97. The van der Waals surface area contributed by atoms with E-state index in [2.05, 4.69) is 29.2 Å². The second-order valence-corrected chi connectivity index (χ2v) is 7.48. The molecule has 2 bridgehead atoms. The fourth-order valence-corrected chi connectivity index (χ4v) is 4.18. The van der Waals surface area contributed by atoms with E-state index in [-0.39, 0.29) is 28.0 Å². The Morgan fingerprint density at radius 3 is 2.61 bits per heavy atom. The van der Waals surface area contributed by atoms with Crippen molar-refractivity contribution in [3.63, 3.8) is 0 Å². The van der Waals surface area contributed by atoms with Crippen LogP contribution < -0.4 is 5.32 Å². The molecule has 1 atom stereocenters. The van der Waals surface area contributed by atoms with Crippen LogP contribution in [0.2, 0.25) is 5.02 Å². The zero-order chi connectivity index (χ0) is 16.8. The largest absolute Gasteiger partial charge is 0.409 e. The Morgan fingerprint density at radius 2 is 2.04 bits per heavy atom. The van der Waals surface area contributed by atoms with Gasteiger partial charge in [-0.1, -0.05) is 22.8 Å². The SMILES string of the molecule is Cc1ccc(/C(=N\O)N[C@@H]2C3CCN(CC3)C2(C)C)c(F)c1Cl. The summed E-state index contributed by atoms with van der Waals surface area (Å²) in [6.07, 6.45) is 2.22. The average molecular weight is 340 g/mol. The third kappa shape index (κ3) is 2.70. The Hall–Kier alpha value is -1.33. The first-order valence-corrected chi connectivity index (χ1v) is 8.42. The summed E-state index contributed by atoms with van der Waals surface area (Å²) in [6, 6.07) is 3.44. The molecule has 1 aromatic carbocycles. The van der Waals surface area contributed by atoms with Crippen LogP contribution in [-0.2, 0) is 0 Å². The second kappa shape index (κ2) is 5.95. The molecule has 0 spiro atoms. The highest BCUT2D eigenvalue weighted by Crippen LogP contribution is 2.39. The van der Waals surface area contributed by atoms with E-state index >= 15 is 0 Å². The maximum Gasteiger partial charge on any atom is 0.175 e. The summed E-state index contributed by atoms with van der Waals surface area (Å²) in [5.74, 6) is 0.0954. The molecule has 0 saturated carbocycles. The minimum absolute atomic E-state index is 0.0674. The molecule has 3 heterocycles. The molecule has 0 amide bonds. The minimum atomic E-state index is -0.550. The molecule has 0 aliphatic carbocycles. The van der Waals surface area contributed by atoms with Crippen molar-refractivity contribution >= 4 is 17.4 Å². The van der Waals surface area contributed by atoms with E-state index in [1.807, 2.05) is 0 Å². The molecule has 23 heavy (non-hydrogen) atoms.